The molecule has 156 valence electrons. The maximum absolute atomic E-state index is 13.1. The van der Waals surface area contributed by atoms with Gasteiger partial charge in [-0.2, -0.15) is 0 Å². The highest BCUT2D eigenvalue weighted by atomic mass is 32.2. The lowest BCUT2D eigenvalue weighted by Gasteiger charge is -2.27. The normalized spacial score (nSPS) is 18.8. The topological polar surface area (TPSA) is 66.5 Å². The van der Waals surface area contributed by atoms with Gasteiger partial charge in [-0.3, -0.25) is 4.79 Å². The third-order valence-electron chi connectivity index (χ3n) is 5.46. The first-order chi connectivity index (χ1) is 13.8. The van der Waals surface area contributed by atoms with E-state index in [1.165, 1.54) is 12.1 Å². The lowest BCUT2D eigenvalue weighted by atomic mass is 10.00. The van der Waals surface area contributed by atoms with Crippen LogP contribution >= 0.6 is 0 Å². The average molecular weight is 419 g/mol. The first-order valence-electron chi connectivity index (χ1n) is 9.78. The highest BCUT2D eigenvalue weighted by Crippen LogP contribution is 2.32. The maximum Gasteiger partial charge on any atom is 0.220 e. The Bertz CT molecular complexity index is 958. The summed E-state index contributed by atoms with van der Waals surface area (Å²) in [6.45, 7) is 0. The van der Waals surface area contributed by atoms with E-state index < -0.39 is 9.84 Å². The van der Waals surface area contributed by atoms with Crippen LogP contribution in [0.4, 0.5) is 4.39 Å². The van der Waals surface area contributed by atoms with Gasteiger partial charge in [0.05, 0.1) is 16.7 Å². The van der Waals surface area contributed by atoms with Crippen molar-refractivity contribution in [1.29, 1.82) is 0 Å². The number of nitrogens with one attached hydrogen (secondary N) is 1. The molecule has 5 nitrogen and oxygen atoms in total. The van der Waals surface area contributed by atoms with Crippen LogP contribution in [0.5, 0.6) is 0 Å². The molecule has 1 amide bonds. The standard InChI is InChI=1S/C22H27FN2O3S/c1-25(2)18(15-16-7-9-17(23)10-8-16)11-12-22(26)24-20-13-14-29(27,28)21-6-4-3-5-19(20)21/h3-10,18,20H,11-15H2,1-2H3,(H,24,26)/t18-,20?/m1/s1. The molecule has 1 heterocycles. The van der Waals surface area contributed by atoms with Crippen molar-refractivity contribution in [2.24, 2.45) is 0 Å². The molecule has 1 aliphatic rings. The summed E-state index contributed by atoms with van der Waals surface area (Å²) < 4.78 is 37.6. The summed E-state index contributed by atoms with van der Waals surface area (Å²) in [5.74, 6) is -0.306. The summed E-state index contributed by atoms with van der Waals surface area (Å²) in [5, 5.41) is 3.01. The van der Waals surface area contributed by atoms with Gasteiger partial charge in [0.2, 0.25) is 5.91 Å². The minimum atomic E-state index is -3.27. The summed E-state index contributed by atoms with van der Waals surface area (Å²) in [5.41, 5.74) is 1.69. The fourth-order valence-corrected chi connectivity index (χ4v) is 5.36. The van der Waals surface area contributed by atoms with Crippen molar-refractivity contribution < 1.29 is 17.6 Å². The van der Waals surface area contributed by atoms with Crippen molar-refractivity contribution in [3.05, 3.63) is 65.5 Å². The molecule has 29 heavy (non-hydrogen) atoms. The molecule has 2 aromatic carbocycles. The van der Waals surface area contributed by atoms with Crippen LogP contribution in [0.25, 0.3) is 0 Å². The second kappa shape index (κ2) is 9.05. The van der Waals surface area contributed by atoms with E-state index in [1.807, 2.05) is 14.1 Å². The molecule has 0 saturated heterocycles. The van der Waals surface area contributed by atoms with Gasteiger partial charge in [-0.1, -0.05) is 30.3 Å². The van der Waals surface area contributed by atoms with Crippen LogP contribution in [0.15, 0.2) is 53.4 Å². The zero-order valence-corrected chi connectivity index (χ0v) is 17.6. The molecule has 1 unspecified atom stereocenters. The smallest absolute Gasteiger partial charge is 0.220 e. The van der Waals surface area contributed by atoms with Crippen molar-refractivity contribution in [3.8, 4) is 0 Å². The summed E-state index contributed by atoms with van der Waals surface area (Å²) in [4.78, 5) is 15.0. The van der Waals surface area contributed by atoms with Crippen molar-refractivity contribution in [2.75, 3.05) is 19.8 Å². The van der Waals surface area contributed by atoms with E-state index >= 15 is 0 Å². The van der Waals surface area contributed by atoms with Gasteiger partial charge in [-0.05, 0) is 62.7 Å². The number of carbonyl (C=O) groups excluding carboxylic acids is 1. The van der Waals surface area contributed by atoms with Gasteiger partial charge in [0.25, 0.3) is 0 Å². The predicted octanol–water partition coefficient (Wildman–Crippen LogP) is 3.11. The van der Waals surface area contributed by atoms with Gasteiger partial charge in [0.15, 0.2) is 9.84 Å². The Morgan fingerprint density at radius 3 is 2.55 bits per heavy atom. The number of rotatable bonds is 7. The van der Waals surface area contributed by atoms with Crippen molar-refractivity contribution >= 4 is 15.7 Å². The lowest BCUT2D eigenvalue weighted by molar-refractivity contribution is -0.122. The zero-order chi connectivity index (χ0) is 21.0. The second-order valence-corrected chi connectivity index (χ2v) is 9.83. The Labute approximate surface area is 171 Å². The number of hydrogen-bond acceptors (Lipinski definition) is 4. The number of fused-ring (bicyclic) bond motifs is 1. The van der Waals surface area contributed by atoms with Gasteiger partial charge >= 0.3 is 0 Å². The van der Waals surface area contributed by atoms with Crippen LogP contribution in [0, 0.1) is 5.82 Å². The number of sulfone groups is 1. The lowest BCUT2D eigenvalue weighted by Crippen LogP contribution is -2.36. The fourth-order valence-electron chi connectivity index (χ4n) is 3.74. The van der Waals surface area contributed by atoms with E-state index in [0.717, 1.165) is 12.0 Å². The highest BCUT2D eigenvalue weighted by Gasteiger charge is 2.30. The Kier molecular flexibility index (Phi) is 6.70. The Hall–Kier alpha value is -2.25. The van der Waals surface area contributed by atoms with E-state index in [2.05, 4.69) is 10.2 Å². The molecular weight excluding hydrogens is 391 g/mol. The number of benzene rings is 2. The molecule has 3 rings (SSSR count). The third-order valence-corrected chi connectivity index (χ3v) is 7.27. The van der Waals surface area contributed by atoms with Crippen LogP contribution in [0.3, 0.4) is 0 Å². The van der Waals surface area contributed by atoms with Gasteiger partial charge in [-0.15, -0.1) is 0 Å². The number of nitrogens with zero attached hydrogens (tertiary/aromatic N) is 1. The van der Waals surface area contributed by atoms with Gasteiger partial charge < -0.3 is 10.2 Å². The first kappa shape index (κ1) is 21.5. The van der Waals surface area contributed by atoms with Gasteiger partial charge in [0.1, 0.15) is 5.82 Å². The first-order valence-corrected chi connectivity index (χ1v) is 11.4. The van der Waals surface area contributed by atoms with Crippen LogP contribution in [-0.2, 0) is 21.1 Å². The minimum Gasteiger partial charge on any atom is -0.349 e. The average Bonchev–Trinajstić information content (AvgIpc) is 2.69. The molecule has 0 spiro atoms. The number of hydrogen-bond donors (Lipinski definition) is 1. The maximum atomic E-state index is 13.1. The molecule has 1 aliphatic heterocycles. The molecule has 2 aromatic rings. The molecule has 0 aliphatic carbocycles. The van der Waals surface area contributed by atoms with E-state index in [4.69, 9.17) is 0 Å². The monoisotopic (exact) mass is 418 g/mol. The Balaban J connectivity index is 1.60. The third kappa shape index (κ3) is 5.42. The predicted molar refractivity (Wildman–Crippen MR) is 111 cm³/mol. The van der Waals surface area contributed by atoms with Crippen LogP contribution < -0.4 is 5.32 Å². The Morgan fingerprint density at radius 2 is 1.86 bits per heavy atom. The Morgan fingerprint density at radius 1 is 1.17 bits per heavy atom. The van der Waals surface area contributed by atoms with E-state index in [0.29, 0.717) is 29.7 Å². The zero-order valence-electron chi connectivity index (χ0n) is 16.8. The molecule has 1 N–H and O–H groups in total. The van der Waals surface area contributed by atoms with Crippen molar-refractivity contribution in [2.45, 2.75) is 42.7 Å². The fraction of sp³-hybridized carbons (Fsp3) is 0.409. The quantitative estimate of drug-likeness (QED) is 0.750. The molecule has 0 bridgehead atoms. The van der Waals surface area contributed by atoms with Gasteiger partial charge in [0, 0.05) is 12.5 Å². The number of carbonyl (C=O) groups is 1. The summed E-state index contributed by atoms with van der Waals surface area (Å²) in [6.07, 6.45) is 2.11. The second-order valence-electron chi connectivity index (χ2n) is 7.75. The molecular formula is C22H27FN2O3S. The SMILES string of the molecule is CN(C)[C@H](CCC(=O)NC1CCS(=O)(=O)c2ccccc21)Cc1ccc(F)cc1. The number of halogens is 1. The van der Waals surface area contributed by atoms with Crippen molar-refractivity contribution in [3.63, 3.8) is 0 Å². The van der Waals surface area contributed by atoms with Gasteiger partial charge in [-0.25, -0.2) is 12.8 Å². The molecule has 2 atom stereocenters. The molecule has 0 saturated carbocycles. The number of amides is 1. The highest BCUT2D eigenvalue weighted by molar-refractivity contribution is 7.91. The van der Waals surface area contributed by atoms with E-state index in [1.54, 1.807) is 36.4 Å². The van der Waals surface area contributed by atoms with Crippen LogP contribution in [0.2, 0.25) is 0 Å². The molecule has 7 heteroatoms. The number of likely N-dealkylation sites (N-methyl/N-ethyl adjacent to an activating group) is 1. The summed E-state index contributed by atoms with van der Waals surface area (Å²) >= 11 is 0. The minimum absolute atomic E-state index is 0.0415. The van der Waals surface area contributed by atoms with E-state index in [-0.39, 0.29) is 29.6 Å². The summed E-state index contributed by atoms with van der Waals surface area (Å²) in [7, 11) is 0.663. The summed E-state index contributed by atoms with van der Waals surface area (Å²) in [6, 6.07) is 13.2. The van der Waals surface area contributed by atoms with E-state index in [9.17, 15) is 17.6 Å². The van der Waals surface area contributed by atoms with Crippen molar-refractivity contribution in [1.82, 2.24) is 10.2 Å². The largest absolute Gasteiger partial charge is 0.349 e. The molecule has 0 fully saturated rings. The van der Waals surface area contributed by atoms with Crippen LogP contribution in [-0.4, -0.2) is 45.1 Å². The molecule has 0 aromatic heterocycles. The molecule has 0 radical (unpaired) electrons. The van der Waals surface area contributed by atoms with Crippen LogP contribution in [0.1, 0.15) is 36.4 Å².